The zero-order valence-electron chi connectivity index (χ0n) is 5.34. The number of rotatable bonds is 0. The summed E-state index contributed by atoms with van der Waals surface area (Å²) in [6, 6.07) is 0. The van der Waals surface area contributed by atoms with Crippen LogP contribution < -0.4 is 0 Å². The molecule has 0 aliphatic rings. The Bertz CT molecular complexity index is 203. The fourth-order valence-electron chi connectivity index (χ4n) is 0.277. The Hall–Kier alpha value is -1.09. The maximum atomic E-state index is 11.3. The molecular weight excluding hydrogens is 141 g/mol. The van der Waals surface area contributed by atoms with Gasteiger partial charge in [-0.3, -0.25) is 0 Å². The van der Waals surface area contributed by atoms with Gasteiger partial charge in [-0.25, -0.2) is 0 Å². The maximum absolute atomic E-state index is 11.3. The Balaban J connectivity index is 3.78. The molecule has 0 radical (unpaired) electrons. The number of hydrogen-bond donors (Lipinski definition) is 0. The van der Waals surface area contributed by atoms with Gasteiger partial charge in [0, 0.05) is 5.92 Å². The zero-order valence-corrected chi connectivity index (χ0v) is 5.34. The van der Waals surface area contributed by atoms with Crippen LogP contribution in [0.2, 0.25) is 0 Å². The van der Waals surface area contributed by atoms with Crippen molar-refractivity contribution in [3.63, 3.8) is 0 Å². The smallest absolute Gasteiger partial charge is 0.159 e. The lowest BCUT2D eigenvalue weighted by atomic mass is 10.4. The molecule has 0 aliphatic carbocycles. The van der Waals surface area contributed by atoms with E-state index in [2.05, 4.69) is 11.8 Å². The lowest BCUT2D eigenvalue weighted by Gasteiger charge is -1.90. The maximum Gasteiger partial charge on any atom is 0.457 e. The van der Waals surface area contributed by atoms with Crippen molar-refractivity contribution >= 4 is 0 Å². The van der Waals surface area contributed by atoms with E-state index in [-0.39, 0.29) is 6.42 Å². The van der Waals surface area contributed by atoms with Crippen LogP contribution in [0, 0.1) is 23.7 Å². The quantitative estimate of drug-likeness (QED) is 0.458. The third-order valence-electron chi connectivity index (χ3n) is 0.584. The predicted octanol–water partition coefficient (Wildman–Crippen LogP) is 1.97. The highest BCUT2D eigenvalue weighted by atomic mass is 19.4. The molecule has 0 aromatic carbocycles. The largest absolute Gasteiger partial charge is 0.457 e. The van der Waals surface area contributed by atoms with E-state index in [0.29, 0.717) is 0 Å². The Kier molecular flexibility index (Phi) is 3.43. The molecule has 0 atom stereocenters. The Morgan fingerprint density at radius 2 is 1.80 bits per heavy atom. The fourth-order valence-corrected chi connectivity index (χ4v) is 0.277. The van der Waals surface area contributed by atoms with E-state index in [4.69, 9.17) is 0 Å². The van der Waals surface area contributed by atoms with Gasteiger partial charge in [0.1, 0.15) is 0 Å². The Morgan fingerprint density at radius 3 is 2.20 bits per heavy atom. The molecule has 0 amide bonds. The summed E-state index contributed by atoms with van der Waals surface area (Å²) in [5, 5.41) is 0. The third kappa shape index (κ3) is 6.91. The van der Waals surface area contributed by atoms with Gasteiger partial charge >= 0.3 is 6.18 Å². The molecule has 0 aromatic rings. The van der Waals surface area contributed by atoms with Crippen LogP contribution in [0.25, 0.3) is 0 Å². The van der Waals surface area contributed by atoms with Crippen LogP contribution in [0.4, 0.5) is 13.2 Å². The van der Waals surface area contributed by atoms with Gasteiger partial charge in [0.2, 0.25) is 0 Å². The second-order valence-electron chi connectivity index (χ2n) is 1.40. The first-order chi connectivity index (χ1) is 4.56. The monoisotopic (exact) mass is 146 g/mol. The molecule has 0 saturated carbocycles. The van der Waals surface area contributed by atoms with Gasteiger partial charge in [-0.2, -0.15) is 13.2 Å². The molecule has 0 rings (SSSR count). The first-order valence-electron chi connectivity index (χ1n) is 2.52. The highest BCUT2D eigenvalue weighted by Gasteiger charge is 2.22. The van der Waals surface area contributed by atoms with Gasteiger partial charge in [-0.15, -0.1) is 5.92 Å². The summed E-state index contributed by atoms with van der Waals surface area (Å²) >= 11 is 0. The van der Waals surface area contributed by atoms with Crippen LogP contribution in [-0.4, -0.2) is 6.18 Å². The number of halogens is 3. The van der Waals surface area contributed by atoms with Crippen molar-refractivity contribution in [3.05, 3.63) is 0 Å². The van der Waals surface area contributed by atoms with Crippen molar-refractivity contribution in [2.75, 3.05) is 0 Å². The molecule has 0 heterocycles. The second-order valence-corrected chi connectivity index (χ2v) is 1.40. The van der Waals surface area contributed by atoms with Crippen LogP contribution in [0.5, 0.6) is 0 Å². The first kappa shape index (κ1) is 8.91. The van der Waals surface area contributed by atoms with Gasteiger partial charge in [0.15, 0.2) is 0 Å². The average molecular weight is 146 g/mol. The number of hydrogen-bond acceptors (Lipinski definition) is 0. The third-order valence-corrected chi connectivity index (χ3v) is 0.584. The molecule has 0 nitrogen and oxygen atoms in total. The predicted molar refractivity (Wildman–Crippen MR) is 31.9 cm³/mol. The molecule has 0 unspecified atom stereocenters. The van der Waals surface area contributed by atoms with Crippen molar-refractivity contribution in [2.24, 2.45) is 0 Å². The summed E-state index contributed by atoms with van der Waals surface area (Å²) in [6.07, 6.45) is -4.40. The highest BCUT2D eigenvalue weighted by Crippen LogP contribution is 2.11. The van der Waals surface area contributed by atoms with E-state index in [0.717, 1.165) is 5.92 Å². The summed E-state index contributed by atoms with van der Waals surface area (Å²) < 4.78 is 33.8. The van der Waals surface area contributed by atoms with Crippen LogP contribution in [-0.2, 0) is 0 Å². The standard InChI is InChI=1S/C7H5F3/c1-2-3-4-5-6-7(8,9)10/h4H2,1H3. The minimum Gasteiger partial charge on any atom is -0.159 e. The zero-order chi connectivity index (χ0) is 8.04. The average Bonchev–Trinajstić information content (AvgIpc) is 1.78. The van der Waals surface area contributed by atoms with Crippen LogP contribution in [0.1, 0.15) is 13.3 Å². The lowest BCUT2D eigenvalue weighted by molar-refractivity contribution is -0.0697. The van der Waals surface area contributed by atoms with Crippen LogP contribution in [0.15, 0.2) is 0 Å². The fraction of sp³-hybridized carbons (Fsp3) is 0.429. The van der Waals surface area contributed by atoms with Gasteiger partial charge in [-0.1, -0.05) is 11.8 Å². The summed E-state index contributed by atoms with van der Waals surface area (Å²) in [5.41, 5.74) is 0. The molecule has 54 valence electrons. The van der Waals surface area contributed by atoms with E-state index in [1.54, 1.807) is 6.92 Å². The van der Waals surface area contributed by atoms with Gasteiger partial charge in [0.05, 0.1) is 6.42 Å². The molecule has 0 bridgehead atoms. The summed E-state index contributed by atoms with van der Waals surface area (Å²) in [7, 11) is 0. The molecular formula is C7H5F3. The van der Waals surface area contributed by atoms with E-state index in [1.807, 2.05) is 5.92 Å². The van der Waals surface area contributed by atoms with E-state index < -0.39 is 6.18 Å². The summed E-state index contributed by atoms with van der Waals surface area (Å²) in [6.45, 7) is 1.55. The van der Waals surface area contributed by atoms with Gasteiger partial charge < -0.3 is 0 Å². The molecule has 0 saturated heterocycles. The lowest BCUT2D eigenvalue weighted by Crippen LogP contribution is -2.01. The van der Waals surface area contributed by atoms with Gasteiger partial charge in [-0.05, 0) is 6.92 Å². The molecule has 3 heteroatoms. The Morgan fingerprint density at radius 1 is 1.20 bits per heavy atom. The molecule has 10 heavy (non-hydrogen) atoms. The van der Waals surface area contributed by atoms with Crippen molar-refractivity contribution in [1.82, 2.24) is 0 Å². The molecule has 0 spiro atoms. The SMILES string of the molecule is CC#CCC#CC(F)(F)F. The summed E-state index contributed by atoms with van der Waals surface area (Å²) in [4.78, 5) is 0. The Labute approximate surface area is 57.4 Å². The normalized spacial score (nSPS) is 8.80. The molecule has 0 aliphatic heterocycles. The second kappa shape index (κ2) is 3.85. The van der Waals surface area contributed by atoms with E-state index >= 15 is 0 Å². The topological polar surface area (TPSA) is 0 Å². The molecule has 0 N–H and O–H groups in total. The van der Waals surface area contributed by atoms with Crippen molar-refractivity contribution in [1.29, 1.82) is 0 Å². The van der Waals surface area contributed by atoms with E-state index in [1.165, 1.54) is 0 Å². The molecule has 0 aromatic heterocycles. The minimum absolute atomic E-state index is 0.0178. The van der Waals surface area contributed by atoms with Crippen LogP contribution in [0.3, 0.4) is 0 Å². The van der Waals surface area contributed by atoms with Crippen molar-refractivity contribution < 1.29 is 13.2 Å². The number of alkyl halides is 3. The van der Waals surface area contributed by atoms with E-state index in [9.17, 15) is 13.2 Å². The van der Waals surface area contributed by atoms with Crippen molar-refractivity contribution in [3.8, 4) is 23.7 Å². The van der Waals surface area contributed by atoms with Gasteiger partial charge in [0.25, 0.3) is 0 Å². The summed E-state index contributed by atoms with van der Waals surface area (Å²) in [5.74, 6) is 7.81. The van der Waals surface area contributed by atoms with Crippen LogP contribution >= 0.6 is 0 Å². The molecule has 0 fully saturated rings. The highest BCUT2D eigenvalue weighted by molar-refractivity contribution is 5.13. The van der Waals surface area contributed by atoms with Crippen molar-refractivity contribution in [2.45, 2.75) is 19.5 Å². The minimum atomic E-state index is -4.38. The first-order valence-corrected chi connectivity index (χ1v) is 2.52.